The SMILES string of the molecule is CC(C)c1nc2ccccc2n1Cc1ccc(C(=O)NC2N(C(=O)OC(C)(C)C)CCC23C(=O)NC(=O)NC3=O)cc1. The summed E-state index contributed by atoms with van der Waals surface area (Å²) < 4.78 is 7.64. The van der Waals surface area contributed by atoms with Crippen LogP contribution >= 0.6 is 0 Å². The van der Waals surface area contributed by atoms with Crippen molar-refractivity contribution in [2.75, 3.05) is 6.54 Å². The third kappa shape index (κ3) is 5.19. The van der Waals surface area contributed by atoms with Gasteiger partial charge < -0.3 is 14.6 Å². The van der Waals surface area contributed by atoms with Gasteiger partial charge in [0.25, 0.3) is 5.91 Å². The summed E-state index contributed by atoms with van der Waals surface area (Å²) in [5.74, 6) is -1.23. The molecule has 6 amide bonds. The molecule has 12 heteroatoms. The molecular formula is C30H34N6O6. The van der Waals surface area contributed by atoms with Crippen molar-refractivity contribution < 1.29 is 28.7 Å². The molecule has 2 aliphatic heterocycles. The lowest BCUT2D eigenvalue weighted by atomic mass is 9.80. The van der Waals surface area contributed by atoms with Crippen molar-refractivity contribution in [2.45, 2.75) is 65.3 Å². The van der Waals surface area contributed by atoms with Crippen LogP contribution in [0.4, 0.5) is 9.59 Å². The Bertz CT molecular complexity index is 1570. The molecule has 3 heterocycles. The Balaban J connectivity index is 1.40. The number of hydrogen-bond acceptors (Lipinski definition) is 7. The van der Waals surface area contributed by atoms with E-state index in [1.54, 1.807) is 32.9 Å². The molecule has 3 N–H and O–H groups in total. The molecule has 1 atom stereocenters. The number of barbiturate groups is 1. The van der Waals surface area contributed by atoms with Crippen molar-refractivity contribution >= 4 is 40.9 Å². The van der Waals surface area contributed by atoms with Crippen LogP contribution in [0.5, 0.6) is 0 Å². The summed E-state index contributed by atoms with van der Waals surface area (Å²) in [4.78, 5) is 70.4. The molecule has 5 rings (SSSR count). The van der Waals surface area contributed by atoms with E-state index >= 15 is 0 Å². The summed E-state index contributed by atoms with van der Waals surface area (Å²) in [5.41, 5.74) is 0.358. The number of fused-ring (bicyclic) bond motifs is 1. The zero-order chi connectivity index (χ0) is 30.4. The number of hydrogen-bond donors (Lipinski definition) is 3. The van der Waals surface area contributed by atoms with Crippen LogP contribution in [-0.4, -0.2) is 62.6 Å². The van der Waals surface area contributed by atoms with Gasteiger partial charge in [0.2, 0.25) is 11.8 Å². The van der Waals surface area contributed by atoms with Gasteiger partial charge in [0, 0.05) is 24.6 Å². The zero-order valence-electron chi connectivity index (χ0n) is 24.2. The van der Waals surface area contributed by atoms with E-state index in [1.165, 1.54) is 0 Å². The van der Waals surface area contributed by atoms with Crippen molar-refractivity contribution in [1.29, 1.82) is 0 Å². The Labute approximate surface area is 242 Å². The number of aromatic nitrogens is 2. The second-order valence-corrected chi connectivity index (χ2v) is 11.9. The highest BCUT2D eigenvalue weighted by atomic mass is 16.6. The van der Waals surface area contributed by atoms with E-state index in [0.717, 1.165) is 27.3 Å². The summed E-state index contributed by atoms with van der Waals surface area (Å²) in [7, 11) is 0. The Morgan fingerprint density at radius 2 is 1.69 bits per heavy atom. The van der Waals surface area contributed by atoms with Gasteiger partial charge in [-0.25, -0.2) is 14.6 Å². The Morgan fingerprint density at radius 3 is 2.31 bits per heavy atom. The van der Waals surface area contributed by atoms with E-state index in [4.69, 9.17) is 9.72 Å². The zero-order valence-corrected chi connectivity index (χ0v) is 24.2. The number of benzene rings is 2. The second-order valence-electron chi connectivity index (χ2n) is 11.9. The summed E-state index contributed by atoms with van der Waals surface area (Å²) >= 11 is 0. The Kier molecular flexibility index (Phi) is 7.25. The van der Waals surface area contributed by atoms with Crippen LogP contribution in [0.25, 0.3) is 11.0 Å². The molecule has 2 fully saturated rings. The van der Waals surface area contributed by atoms with E-state index in [1.807, 2.05) is 36.4 Å². The molecule has 12 nitrogen and oxygen atoms in total. The van der Waals surface area contributed by atoms with E-state index in [2.05, 4.69) is 34.4 Å². The van der Waals surface area contributed by atoms with Gasteiger partial charge in [0.05, 0.1) is 11.0 Å². The molecule has 0 radical (unpaired) electrons. The minimum absolute atomic E-state index is 0.0507. The molecule has 1 unspecified atom stereocenters. The van der Waals surface area contributed by atoms with Crippen LogP contribution in [0.15, 0.2) is 48.5 Å². The van der Waals surface area contributed by atoms with Crippen LogP contribution in [-0.2, 0) is 20.9 Å². The Hall–Kier alpha value is -4.74. The number of urea groups is 1. The maximum Gasteiger partial charge on any atom is 0.411 e. The highest BCUT2D eigenvalue weighted by Gasteiger charge is 2.63. The number of nitrogens with zero attached hydrogens (tertiary/aromatic N) is 3. The van der Waals surface area contributed by atoms with Crippen molar-refractivity contribution in [1.82, 2.24) is 30.4 Å². The number of imidazole rings is 1. The van der Waals surface area contributed by atoms with Gasteiger partial charge in [-0.15, -0.1) is 0 Å². The number of carbonyl (C=O) groups excluding carboxylic acids is 5. The summed E-state index contributed by atoms with van der Waals surface area (Å²) in [6.07, 6.45) is -2.30. The first-order chi connectivity index (χ1) is 19.8. The van der Waals surface area contributed by atoms with Crippen LogP contribution in [0.1, 0.15) is 68.7 Å². The van der Waals surface area contributed by atoms with E-state index in [9.17, 15) is 24.0 Å². The van der Waals surface area contributed by atoms with Crippen LogP contribution in [0.2, 0.25) is 0 Å². The normalized spacial score (nSPS) is 18.4. The topological polar surface area (TPSA) is 152 Å². The lowest BCUT2D eigenvalue weighted by Gasteiger charge is -2.38. The minimum Gasteiger partial charge on any atom is -0.444 e. The Morgan fingerprint density at radius 1 is 1.05 bits per heavy atom. The average Bonchev–Trinajstić information content (AvgIpc) is 3.47. The quantitative estimate of drug-likeness (QED) is 0.396. The number of rotatable bonds is 5. The number of likely N-dealkylation sites (tertiary alicyclic amines) is 1. The van der Waals surface area contributed by atoms with Crippen molar-refractivity contribution in [3.05, 3.63) is 65.5 Å². The molecule has 1 spiro atoms. The molecule has 42 heavy (non-hydrogen) atoms. The predicted octanol–water partition coefficient (Wildman–Crippen LogP) is 3.26. The molecule has 220 valence electrons. The number of carbonyl (C=O) groups is 5. The summed E-state index contributed by atoms with van der Waals surface area (Å²) in [6, 6.07) is 13.9. The molecule has 3 aromatic rings. The second kappa shape index (κ2) is 10.6. The van der Waals surface area contributed by atoms with Crippen LogP contribution < -0.4 is 16.0 Å². The third-order valence-corrected chi connectivity index (χ3v) is 7.44. The number of nitrogens with one attached hydrogen (secondary N) is 3. The first kappa shape index (κ1) is 28.8. The fraction of sp³-hybridized carbons (Fsp3) is 0.400. The van der Waals surface area contributed by atoms with Gasteiger partial charge in [-0.1, -0.05) is 38.1 Å². The maximum atomic E-state index is 13.5. The maximum absolute atomic E-state index is 13.5. The largest absolute Gasteiger partial charge is 0.444 e. The van der Waals surface area contributed by atoms with Gasteiger partial charge in [-0.3, -0.25) is 29.9 Å². The fourth-order valence-electron chi connectivity index (χ4n) is 5.44. The van der Waals surface area contributed by atoms with Crippen LogP contribution in [0, 0.1) is 5.41 Å². The highest BCUT2D eigenvalue weighted by molar-refractivity contribution is 6.20. The van der Waals surface area contributed by atoms with Gasteiger partial charge in [-0.2, -0.15) is 0 Å². The molecule has 0 saturated carbocycles. The molecular weight excluding hydrogens is 540 g/mol. The number of amides is 6. The van der Waals surface area contributed by atoms with Gasteiger partial charge in [-0.05, 0) is 57.0 Å². The summed E-state index contributed by atoms with van der Waals surface area (Å²) in [5, 5.41) is 6.90. The van der Waals surface area contributed by atoms with E-state index < -0.39 is 47.0 Å². The third-order valence-electron chi connectivity index (χ3n) is 7.44. The van der Waals surface area contributed by atoms with E-state index in [0.29, 0.717) is 6.54 Å². The predicted molar refractivity (Wildman–Crippen MR) is 152 cm³/mol. The average molecular weight is 575 g/mol. The van der Waals surface area contributed by atoms with Crippen LogP contribution in [0.3, 0.4) is 0 Å². The van der Waals surface area contributed by atoms with Crippen molar-refractivity contribution in [2.24, 2.45) is 5.41 Å². The molecule has 2 aliphatic rings. The van der Waals surface area contributed by atoms with Gasteiger partial charge in [0.15, 0.2) is 5.41 Å². The minimum atomic E-state index is -1.91. The van der Waals surface area contributed by atoms with Crippen molar-refractivity contribution in [3.63, 3.8) is 0 Å². The number of ether oxygens (including phenoxy) is 1. The first-order valence-electron chi connectivity index (χ1n) is 13.8. The number of para-hydroxylation sites is 2. The number of imide groups is 2. The molecule has 1 aromatic heterocycles. The van der Waals surface area contributed by atoms with E-state index in [-0.39, 0.29) is 24.4 Å². The fourth-order valence-corrected chi connectivity index (χ4v) is 5.44. The summed E-state index contributed by atoms with van der Waals surface area (Å²) in [6.45, 7) is 9.71. The monoisotopic (exact) mass is 574 g/mol. The molecule has 0 bridgehead atoms. The van der Waals surface area contributed by atoms with Crippen molar-refractivity contribution in [3.8, 4) is 0 Å². The van der Waals surface area contributed by atoms with Gasteiger partial charge in [0.1, 0.15) is 17.6 Å². The first-order valence-corrected chi connectivity index (χ1v) is 13.8. The lowest BCUT2D eigenvalue weighted by Crippen LogP contribution is -2.69. The molecule has 0 aliphatic carbocycles. The van der Waals surface area contributed by atoms with Gasteiger partial charge >= 0.3 is 12.1 Å². The standard InChI is InChI=1S/C30H34N6O6/c1-17(2)22-31-20-8-6-7-9-21(20)36(22)16-18-10-12-19(13-11-18)23(37)32-24-30(25(38)33-27(40)34-26(30)39)14-15-35(24)28(41)42-29(3,4)5/h6-13,17,24H,14-16H2,1-5H3,(H,32,37)(H2,33,34,38,39,40). The highest BCUT2D eigenvalue weighted by Crippen LogP contribution is 2.39. The molecule has 2 saturated heterocycles. The molecule has 2 aromatic carbocycles. The smallest absolute Gasteiger partial charge is 0.411 e. The lowest BCUT2D eigenvalue weighted by molar-refractivity contribution is -0.146.